The summed E-state index contributed by atoms with van der Waals surface area (Å²) in [6.45, 7) is 0.759. The molecule has 2 fully saturated rings. The van der Waals surface area contributed by atoms with Crippen molar-refractivity contribution in [2.45, 2.75) is 25.3 Å². The highest BCUT2D eigenvalue weighted by molar-refractivity contribution is 5.93. The van der Waals surface area contributed by atoms with E-state index in [-0.39, 0.29) is 17.9 Å². The lowest BCUT2D eigenvalue weighted by Crippen LogP contribution is -2.38. The molecule has 1 aromatic rings. The normalized spacial score (nSPS) is 28.6. The fourth-order valence-electron chi connectivity index (χ4n) is 3.41. The lowest BCUT2D eigenvalue weighted by molar-refractivity contribution is -0.124. The molecule has 1 saturated heterocycles. The van der Waals surface area contributed by atoms with Gasteiger partial charge in [-0.3, -0.25) is 14.6 Å². The molecule has 1 aliphatic heterocycles. The summed E-state index contributed by atoms with van der Waals surface area (Å²) in [5, 5.41) is 2.92. The van der Waals surface area contributed by atoms with Crippen molar-refractivity contribution in [3.05, 3.63) is 30.1 Å². The standard InChI is InChI=1S/C15H19N3O2/c1-18(15(20)10-3-2-4-16-8-10)13-5-11-7-14(19)17-9-12(11)6-13/h2-4,8,11-13H,5-7,9H2,1H3,(H,17,19)/t11-,12+,13-/m1/s1. The van der Waals surface area contributed by atoms with Crippen LogP contribution < -0.4 is 5.32 Å². The van der Waals surface area contributed by atoms with Crippen molar-refractivity contribution < 1.29 is 9.59 Å². The Kier molecular flexibility index (Phi) is 3.42. The molecule has 0 unspecified atom stereocenters. The van der Waals surface area contributed by atoms with Crippen LogP contribution in [0.4, 0.5) is 0 Å². The van der Waals surface area contributed by atoms with Crippen molar-refractivity contribution in [2.75, 3.05) is 13.6 Å². The highest BCUT2D eigenvalue weighted by Crippen LogP contribution is 2.38. The van der Waals surface area contributed by atoms with Gasteiger partial charge in [-0.25, -0.2) is 0 Å². The quantitative estimate of drug-likeness (QED) is 0.876. The largest absolute Gasteiger partial charge is 0.356 e. The first kappa shape index (κ1) is 13.1. The Morgan fingerprint density at radius 2 is 2.20 bits per heavy atom. The smallest absolute Gasteiger partial charge is 0.255 e. The number of carbonyl (C=O) groups excluding carboxylic acids is 2. The van der Waals surface area contributed by atoms with Crippen molar-refractivity contribution in [1.29, 1.82) is 0 Å². The molecule has 20 heavy (non-hydrogen) atoms. The maximum absolute atomic E-state index is 12.4. The molecule has 0 spiro atoms. The van der Waals surface area contributed by atoms with Gasteiger partial charge in [0.15, 0.2) is 0 Å². The molecule has 1 aliphatic carbocycles. The Balaban J connectivity index is 1.68. The number of hydrogen-bond acceptors (Lipinski definition) is 3. The summed E-state index contributed by atoms with van der Waals surface area (Å²) in [6, 6.07) is 3.79. The number of nitrogens with zero attached hydrogens (tertiary/aromatic N) is 2. The second kappa shape index (κ2) is 5.23. The SMILES string of the molecule is CN(C(=O)c1cccnc1)[C@H]1C[C@H]2CNC(=O)C[C@H]2C1. The van der Waals surface area contributed by atoms with Crippen molar-refractivity contribution in [1.82, 2.24) is 15.2 Å². The van der Waals surface area contributed by atoms with E-state index in [0.29, 0.717) is 23.8 Å². The average Bonchev–Trinajstić information content (AvgIpc) is 2.89. The molecular weight excluding hydrogens is 254 g/mol. The second-order valence-corrected chi connectivity index (χ2v) is 5.81. The van der Waals surface area contributed by atoms with Gasteiger partial charge >= 0.3 is 0 Å². The summed E-state index contributed by atoms with van der Waals surface area (Å²) in [5.41, 5.74) is 0.624. The zero-order valence-electron chi connectivity index (χ0n) is 11.6. The summed E-state index contributed by atoms with van der Waals surface area (Å²) in [7, 11) is 1.85. The van der Waals surface area contributed by atoms with Gasteiger partial charge in [0, 0.05) is 38.4 Å². The fourth-order valence-corrected chi connectivity index (χ4v) is 3.41. The van der Waals surface area contributed by atoms with Gasteiger partial charge in [-0.2, -0.15) is 0 Å². The number of nitrogens with one attached hydrogen (secondary N) is 1. The van der Waals surface area contributed by atoms with Crippen LogP contribution in [0, 0.1) is 11.8 Å². The van der Waals surface area contributed by atoms with Gasteiger partial charge in [0.25, 0.3) is 5.91 Å². The Bertz CT molecular complexity index is 517. The van der Waals surface area contributed by atoms with Crippen LogP contribution in [-0.2, 0) is 4.79 Å². The maximum Gasteiger partial charge on any atom is 0.255 e. The summed E-state index contributed by atoms with van der Waals surface area (Å²) in [4.78, 5) is 29.7. The average molecular weight is 273 g/mol. The highest BCUT2D eigenvalue weighted by Gasteiger charge is 2.40. The first-order valence-corrected chi connectivity index (χ1v) is 7.09. The molecule has 0 radical (unpaired) electrons. The highest BCUT2D eigenvalue weighted by atomic mass is 16.2. The lowest BCUT2D eigenvalue weighted by Gasteiger charge is -2.24. The van der Waals surface area contributed by atoms with E-state index < -0.39 is 0 Å². The minimum Gasteiger partial charge on any atom is -0.356 e. The van der Waals surface area contributed by atoms with Crippen molar-refractivity contribution >= 4 is 11.8 Å². The first-order chi connectivity index (χ1) is 9.65. The van der Waals surface area contributed by atoms with Gasteiger partial charge in [-0.1, -0.05) is 0 Å². The third kappa shape index (κ3) is 2.40. The monoisotopic (exact) mass is 273 g/mol. The molecule has 106 valence electrons. The van der Waals surface area contributed by atoms with Gasteiger partial charge in [-0.15, -0.1) is 0 Å². The number of rotatable bonds is 2. The van der Waals surface area contributed by atoms with Crippen LogP contribution in [0.15, 0.2) is 24.5 Å². The van der Waals surface area contributed by atoms with E-state index in [4.69, 9.17) is 0 Å². The van der Waals surface area contributed by atoms with Gasteiger partial charge in [0.05, 0.1) is 5.56 Å². The van der Waals surface area contributed by atoms with Crippen LogP contribution in [-0.4, -0.2) is 41.3 Å². The topological polar surface area (TPSA) is 62.3 Å². The number of amides is 2. The summed E-state index contributed by atoms with van der Waals surface area (Å²) in [5.74, 6) is 1.11. The van der Waals surface area contributed by atoms with Gasteiger partial charge in [0.2, 0.25) is 5.91 Å². The van der Waals surface area contributed by atoms with E-state index >= 15 is 0 Å². The van der Waals surface area contributed by atoms with Crippen molar-refractivity contribution in [3.63, 3.8) is 0 Å². The number of aromatic nitrogens is 1. The van der Waals surface area contributed by atoms with Gasteiger partial charge in [0.1, 0.15) is 0 Å². The molecule has 2 heterocycles. The van der Waals surface area contributed by atoms with Crippen LogP contribution in [0.25, 0.3) is 0 Å². The van der Waals surface area contributed by atoms with Crippen LogP contribution >= 0.6 is 0 Å². The van der Waals surface area contributed by atoms with Crippen LogP contribution in [0.1, 0.15) is 29.6 Å². The minimum absolute atomic E-state index is 0.0148. The molecule has 3 atom stereocenters. The molecule has 1 N–H and O–H groups in total. The van der Waals surface area contributed by atoms with E-state index in [2.05, 4.69) is 10.3 Å². The first-order valence-electron chi connectivity index (χ1n) is 7.09. The Hall–Kier alpha value is -1.91. The molecule has 2 aliphatic rings. The number of fused-ring (bicyclic) bond motifs is 1. The van der Waals surface area contributed by atoms with E-state index in [9.17, 15) is 9.59 Å². The molecule has 0 aromatic carbocycles. The number of carbonyl (C=O) groups is 2. The van der Waals surface area contributed by atoms with E-state index in [0.717, 1.165) is 19.4 Å². The second-order valence-electron chi connectivity index (χ2n) is 5.81. The van der Waals surface area contributed by atoms with Crippen molar-refractivity contribution in [2.24, 2.45) is 11.8 Å². The lowest BCUT2D eigenvalue weighted by atomic mass is 9.89. The molecule has 1 saturated carbocycles. The molecule has 5 nitrogen and oxygen atoms in total. The molecule has 0 bridgehead atoms. The van der Waals surface area contributed by atoms with Crippen LogP contribution in [0.3, 0.4) is 0 Å². The Morgan fingerprint density at radius 3 is 2.95 bits per heavy atom. The zero-order chi connectivity index (χ0) is 14.1. The third-order valence-electron chi connectivity index (χ3n) is 4.60. The Morgan fingerprint density at radius 1 is 1.40 bits per heavy atom. The summed E-state index contributed by atoms with van der Waals surface area (Å²) >= 11 is 0. The molecule has 2 amide bonds. The predicted molar refractivity (Wildman–Crippen MR) is 74.0 cm³/mol. The van der Waals surface area contributed by atoms with Gasteiger partial charge in [-0.05, 0) is 36.8 Å². The molecule has 3 rings (SSSR count). The van der Waals surface area contributed by atoms with E-state index in [1.54, 1.807) is 24.5 Å². The third-order valence-corrected chi connectivity index (χ3v) is 4.60. The van der Waals surface area contributed by atoms with E-state index in [1.807, 2.05) is 11.9 Å². The van der Waals surface area contributed by atoms with Crippen molar-refractivity contribution in [3.8, 4) is 0 Å². The number of hydrogen-bond donors (Lipinski definition) is 1. The molecular formula is C15H19N3O2. The van der Waals surface area contributed by atoms with Crippen LogP contribution in [0.2, 0.25) is 0 Å². The fraction of sp³-hybridized carbons (Fsp3) is 0.533. The van der Waals surface area contributed by atoms with Gasteiger partial charge < -0.3 is 10.2 Å². The summed E-state index contributed by atoms with van der Waals surface area (Å²) < 4.78 is 0. The van der Waals surface area contributed by atoms with E-state index in [1.165, 1.54) is 0 Å². The maximum atomic E-state index is 12.4. The Labute approximate surface area is 118 Å². The minimum atomic E-state index is 0.0148. The van der Waals surface area contributed by atoms with Crippen LogP contribution in [0.5, 0.6) is 0 Å². The zero-order valence-corrected chi connectivity index (χ0v) is 11.6. The predicted octanol–water partition coefficient (Wildman–Crippen LogP) is 1.07. The molecule has 1 aromatic heterocycles. The summed E-state index contributed by atoms with van der Waals surface area (Å²) in [6.07, 6.45) is 5.79. The number of piperidine rings is 1. The molecule has 5 heteroatoms. The number of pyridine rings is 1.